The van der Waals surface area contributed by atoms with Gasteiger partial charge in [0.05, 0.1) is 0 Å². The summed E-state index contributed by atoms with van der Waals surface area (Å²) in [7, 11) is 0. The van der Waals surface area contributed by atoms with Crippen molar-refractivity contribution < 1.29 is 0 Å². The van der Waals surface area contributed by atoms with Crippen molar-refractivity contribution in [3.8, 4) is 0 Å². The van der Waals surface area contributed by atoms with E-state index in [9.17, 15) is 0 Å². The summed E-state index contributed by atoms with van der Waals surface area (Å²) in [6.07, 6.45) is 4.27. The second kappa shape index (κ2) is 5.03. The minimum Gasteiger partial charge on any atom is -0.301 e. The van der Waals surface area contributed by atoms with Crippen molar-refractivity contribution in [2.24, 2.45) is 0 Å². The van der Waals surface area contributed by atoms with Gasteiger partial charge in [-0.05, 0) is 32.9 Å². The first-order chi connectivity index (χ1) is 4.34. The van der Waals surface area contributed by atoms with Gasteiger partial charge >= 0.3 is 0 Å². The van der Waals surface area contributed by atoms with Gasteiger partial charge in [-0.25, -0.2) is 0 Å². The molecule has 0 saturated carbocycles. The van der Waals surface area contributed by atoms with E-state index in [0.717, 1.165) is 6.04 Å². The minimum absolute atomic E-state index is 0. The summed E-state index contributed by atoms with van der Waals surface area (Å²) >= 11 is 0. The molecule has 0 aromatic rings. The van der Waals surface area contributed by atoms with E-state index in [-0.39, 0.29) is 13.5 Å². The highest BCUT2D eigenvalue weighted by Crippen LogP contribution is 2.14. The van der Waals surface area contributed by atoms with Crippen molar-refractivity contribution in [2.75, 3.05) is 13.1 Å². The predicted molar refractivity (Wildman–Crippen MR) is 50.9 cm³/mol. The highest BCUT2D eigenvalue weighted by molar-refractivity contribution is 7.59. The quantitative estimate of drug-likeness (QED) is 0.568. The van der Waals surface area contributed by atoms with Gasteiger partial charge in [0.1, 0.15) is 0 Å². The van der Waals surface area contributed by atoms with Crippen LogP contribution in [0.4, 0.5) is 0 Å². The Labute approximate surface area is 71.2 Å². The summed E-state index contributed by atoms with van der Waals surface area (Å²) < 4.78 is 0. The summed E-state index contributed by atoms with van der Waals surface area (Å²) in [4.78, 5) is 2.56. The number of likely N-dealkylation sites (tertiary alicyclic amines) is 1. The van der Waals surface area contributed by atoms with E-state index in [4.69, 9.17) is 0 Å². The zero-order valence-electron chi connectivity index (χ0n) is 7.06. The van der Waals surface area contributed by atoms with Crippen molar-refractivity contribution in [3.05, 3.63) is 0 Å². The van der Waals surface area contributed by atoms with Gasteiger partial charge in [-0.15, -0.1) is 0 Å². The van der Waals surface area contributed by atoms with Gasteiger partial charge in [-0.2, -0.15) is 13.5 Å². The van der Waals surface area contributed by atoms with E-state index in [1.807, 2.05) is 0 Å². The molecule has 1 fully saturated rings. The molecule has 0 radical (unpaired) electrons. The smallest absolute Gasteiger partial charge is 0.00668 e. The molecule has 1 nitrogen and oxygen atoms in total. The maximum absolute atomic E-state index is 2.56. The lowest BCUT2D eigenvalue weighted by atomic mass is 10.0. The Morgan fingerprint density at radius 3 is 2.50 bits per heavy atom. The third-order valence-electron chi connectivity index (χ3n) is 2.35. The number of rotatable bonds is 1. The topological polar surface area (TPSA) is 3.24 Å². The number of piperidine rings is 1. The van der Waals surface area contributed by atoms with Crippen LogP contribution in [0.5, 0.6) is 0 Å². The summed E-state index contributed by atoms with van der Waals surface area (Å²) in [6, 6.07) is 0.851. The second-order valence-electron chi connectivity index (χ2n) is 2.97. The molecule has 0 bridgehead atoms. The van der Waals surface area contributed by atoms with E-state index < -0.39 is 0 Å². The second-order valence-corrected chi connectivity index (χ2v) is 2.97. The molecule has 1 heterocycles. The molecule has 1 unspecified atom stereocenters. The summed E-state index contributed by atoms with van der Waals surface area (Å²) in [5.41, 5.74) is 0. The predicted octanol–water partition coefficient (Wildman–Crippen LogP) is 1.99. The van der Waals surface area contributed by atoms with Crippen molar-refractivity contribution in [2.45, 2.75) is 39.2 Å². The van der Waals surface area contributed by atoms with Gasteiger partial charge in [-0.1, -0.05) is 13.3 Å². The number of nitrogens with zero attached hydrogens (tertiary/aromatic N) is 1. The lowest BCUT2D eigenvalue weighted by molar-refractivity contribution is 0.169. The molecule has 10 heavy (non-hydrogen) atoms. The number of hydrogen-bond donors (Lipinski definition) is 0. The first kappa shape index (κ1) is 10.3. The van der Waals surface area contributed by atoms with Gasteiger partial charge in [-0.3, -0.25) is 0 Å². The van der Waals surface area contributed by atoms with Crippen LogP contribution in [0.25, 0.3) is 0 Å². The fraction of sp³-hybridized carbons (Fsp3) is 1.00. The zero-order chi connectivity index (χ0) is 6.69. The normalized spacial score (nSPS) is 27.6. The highest BCUT2D eigenvalue weighted by atomic mass is 32.1. The van der Waals surface area contributed by atoms with Gasteiger partial charge < -0.3 is 4.90 Å². The monoisotopic (exact) mass is 161 g/mol. The molecular formula is C8H19NS. The fourth-order valence-electron chi connectivity index (χ4n) is 1.63. The van der Waals surface area contributed by atoms with Gasteiger partial charge in [0.25, 0.3) is 0 Å². The van der Waals surface area contributed by atoms with Crippen molar-refractivity contribution >= 4 is 13.5 Å². The van der Waals surface area contributed by atoms with Gasteiger partial charge in [0, 0.05) is 6.04 Å². The van der Waals surface area contributed by atoms with Crippen molar-refractivity contribution in [1.82, 2.24) is 4.90 Å². The molecule has 0 aromatic heterocycles. The SMILES string of the molecule is CCN1CCCCC1C.S. The highest BCUT2D eigenvalue weighted by Gasteiger charge is 2.14. The zero-order valence-corrected chi connectivity index (χ0v) is 8.06. The van der Waals surface area contributed by atoms with E-state index >= 15 is 0 Å². The van der Waals surface area contributed by atoms with Crippen LogP contribution in [-0.2, 0) is 0 Å². The maximum Gasteiger partial charge on any atom is 0.00668 e. The van der Waals surface area contributed by atoms with Crippen molar-refractivity contribution in [1.29, 1.82) is 0 Å². The van der Waals surface area contributed by atoms with Crippen LogP contribution in [0.2, 0.25) is 0 Å². The molecule has 1 rings (SSSR count). The molecule has 0 spiro atoms. The Balaban J connectivity index is 0.000000810. The molecule has 1 atom stereocenters. The van der Waals surface area contributed by atoms with Crippen LogP contribution in [0.1, 0.15) is 33.1 Å². The first-order valence-electron chi connectivity index (χ1n) is 4.08. The van der Waals surface area contributed by atoms with Crippen LogP contribution >= 0.6 is 13.5 Å². The lowest BCUT2D eigenvalue weighted by Crippen LogP contribution is -2.36. The molecule has 1 aliphatic rings. The van der Waals surface area contributed by atoms with Crippen LogP contribution in [0.3, 0.4) is 0 Å². The fourth-order valence-corrected chi connectivity index (χ4v) is 1.63. The van der Waals surface area contributed by atoms with Gasteiger partial charge in [0.15, 0.2) is 0 Å². The molecule has 0 aliphatic carbocycles. The molecular weight excluding hydrogens is 142 g/mol. The lowest BCUT2D eigenvalue weighted by Gasteiger charge is -2.31. The summed E-state index contributed by atoms with van der Waals surface area (Å²) in [5.74, 6) is 0. The Morgan fingerprint density at radius 2 is 2.10 bits per heavy atom. The minimum atomic E-state index is 0. The van der Waals surface area contributed by atoms with Crippen LogP contribution < -0.4 is 0 Å². The number of hydrogen-bond acceptors (Lipinski definition) is 1. The molecule has 1 saturated heterocycles. The van der Waals surface area contributed by atoms with Gasteiger partial charge in [0.2, 0.25) is 0 Å². The average Bonchev–Trinajstić information content (AvgIpc) is 1.89. The molecule has 2 heteroatoms. The van der Waals surface area contributed by atoms with Crippen LogP contribution in [0, 0.1) is 0 Å². The standard InChI is InChI=1S/C8H17N.H2S/c1-3-9-7-5-4-6-8(9)2;/h8H,3-7H2,1-2H3;1H2. The Morgan fingerprint density at radius 1 is 1.40 bits per heavy atom. The van der Waals surface area contributed by atoms with E-state index in [2.05, 4.69) is 18.7 Å². The first-order valence-corrected chi connectivity index (χ1v) is 4.08. The van der Waals surface area contributed by atoms with E-state index in [1.54, 1.807) is 0 Å². The van der Waals surface area contributed by atoms with Crippen LogP contribution in [-0.4, -0.2) is 24.0 Å². The van der Waals surface area contributed by atoms with Crippen molar-refractivity contribution in [3.63, 3.8) is 0 Å². The molecule has 0 amide bonds. The molecule has 1 aliphatic heterocycles. The van der Waals surface area contributed by atoms with E-state index in [1.165, 1.54) is 32.4 Å². The molecule has 0 aromatic carbocycles. The third kappa shape index (κ3) is 2.51. The Hall–Kier alpha value is 0.310. The maximum atomic E-state index is 2.56. The largest absolute Gasteiger partial charge is 0.301 e. The summed E-state index contributed by atoms with van der Waals surface area (Å²) in [5, 5.41) is 0. The van der Waals surface area contributed by atoms with Crippen LogP contribution in [0.15, 0.2) is 0 Å². The average molecular weight is 161 g/mol. The Kier molecular flexibility index (Phi) is 5.18. The molecule has 0 N–H and O–H groups in total. The Bertz CT molecular complexity index is 85.3. The molecule has 62 valence electrons. The van der Waals surface area contributed by atoms with E-state index in [0.29, 0.717) is 0 Å². The summed E-state index contributed by atoms with van der Waals surface area (Å²) in [6.45, 7) is 7.16. The third-order valence-corrected chi connectivity index (χ3v) is 2.35.